The topological polar surface area (TPSA) is 67.2 Å². The molecule has 0 aliphatic carbocycles. The van der Waals surface area contributed by atoms with Crippen LogP contribution in [0.3, 0.4) is 0 Å². The molecule has 0 fully saturated rings. The highest BCUT2D eigenvalue weighted by atomic mass is 35.5. The average Bonchev–Trinajstić information content (AvgIpc) is 2.84. The van der Waals surface area contributed by atoms with Crippen molar-refractivity contribution in [3.8, 4) is 0 Å². The predicted molar refractivity (Wildman–Crippen MR) is 90.5 cm³/mol. The fraction of sp³-hybridized carbons (Fsp3) is 0.412. The number of amides is 1. The summed E-state index contributed by atoms with van der Waals surface area (Å²) in [4.78, 5) is 12.3. The Balaban J connectivity index is 2.00. The summed E-state index contributed by atoms with van der Waals surface area (Å²) in [6, 6.07) is 8.83. The molecule has 0 saturated heterocycles. The van der Waals surface area contributed by atoms with Crippen molar-refractivity contribution in [1.29, 1.82) is 0 Å². The van der Waals surface area contributed by atoms with Gasteiger partial charge in [-0.25, -0.2) is 0 Å². The Hall–Kier alpha value is -1.85. The molecule has 0 saturated carbocycles. The lowest BCUT2D eigenvalue weighted by molar-refractivity contribution is 0.0907. The van der Waals surface area contributed by atoms with Gasteiger partial charge in [-0.3, -0.25) is 9.48 Å². The lowest BCUT2D eigenvalue weighted by atomic mass is 10.1. The number of carbonyl (C=O) groups is 1. The Bertz CT molecular complexity index is 682. The number of halogens is 1. The molecule has 1 amide bonds. The number of aliphatic hydroxyl groups is 1. The third-order valence-electron chi connectivity index (χ3n) is 3.50. The zero-order valence-electron chi connectivity index (χ0n) is 13.6. The van der Waals surface area contributed by atoms with Crippen LogP contribution in [0.1, 0.15) is 41.7 Å². The number of benzene rings is 1. The second-order valence-electron chi connectivity index (χ2n) is 5.99. The molecule has 0 aliphatic heterocycles. The van der Waals surface area contributed by atoms with Crippen molar-refractivity contribution >= 4 is 17.5 Å². The molecule has 0 spiro atoms. The van der Waals surface area contributed by atoms with Crippen molar-refractivity contribution in [3.63, 3.8) is 0 Å². The van der Waals surface area contributed by atoms with Gasteiger partial charge >= 0.3 is 0 Å². The second-order valence-corrected chi connectivity index (χ2v) is 6.40. The SMILES string of the molecule is CC(C)Cc1cc(C(=O)NC[C@H](O)c2ccccc2Cl)n(C)n1. The number of aliphatic hydroxyl groups excluding tert-OH is 1. The van der Waals surface area contributed by atoms with Gasteiger partial charge in [-0.2, -0.15) is 5.10 Å². The van der Waals surface area contributed by atoms with Crippen LogP contribution in [-0.2, 0) is 13.5 Å². The summed E-state index contributed by atoms with van der Waals surface area (Å²) in [6.45, 7) is 4.30. The monoisotopic (exact) mass is 335 g/mol. The molecule has 0 unspecified atom stereocenters. The molecule has 1 aromatic carbocycles. The third-order valence-corrected chi connectivity index (χ3v) is 3.84. The normalized spacial score (nSPS) is 12.4. The lowest BCUT2D eigenvalue weighted by Gasteiger charge is -2.13. The maximum Gasteiger partial charge on any atom is 0.269 e. The number of hydrogen-bond acceptors (Lipinski definition) is 3. The van der Waals surface area contributed by atoms with Crippen molar-refractivity contribution in [2.75, 3.05) is 6.54 Å². The van der Waals surface area contributed by atoms with Gasteiger partial charge in [-0.05, 0) is 24.5 Å². The zero-order chi connectivity index (χ0) is 17.0. The van der Waals surface area contributed by atoms with E-state index < -0.39 is 6.10 Å². The molecule has 0 bridgehead atoms. The van der Waals surface area contributed by atoms with Crippen LogP contribution in [0.15, 0.2) is 30.3 Å². The van der Waals surface area contributed by atoms with E-state index >= 15 is 0 Å². The molecule has 0 radical (unpaired) electrons. The van der Waals surface area contributed by atoms with Crippen LogP contribution in [0, 0.1) is 5.92 Å². The van der Waals surface area contributed by atoms with Crippen LogP contribution in [0.2, 0.25) is 5.02 Å². The second kappa shape index (κ2) is 7.62. The highest BCUT2D eigenvalue weighted by Gasteiger charge is 2.16. The molecule has 5 nitrogen and oxygen atoms in total. The van der Waals surface area contributed by atoms with Crippen LogP contribution in [0.5, 0.6) is 0 Å². The molecule has 23 heavy (non-hydrogen) atoms. The van der Waals surface area contributed by atoms with E-state index in [4.69, 9.17) is 11.6 Å². The van der Waals surface area contributed by atoms with Gasteiger partial charge in [0.25, 0.3) is 5.91 Å². The lowest BCUT2D eigenvalue weighted by Crippen LogP contribution is -2.30. The van der Waals surface area contributed by atoms with E-state index in [0.717, 1.165) is 12.1 Å². The van der Waals surface area contributed by atoms with Gasteiger partial charge in [-0.1, -0.05) is 43.6 Å². The van der Waals surface area contributed by atoms with Crippen LogP contribution in [0.25, 0.3) is 0 Å². The number of hydrogen-bond donors (Lipinski definition) is 2. The predicted octanol–water partition coefficient (Wildman–Crippen LogP) is 2.74. The third kappa shape index (κ3) is 4.56. The standard InChI is InChI=1S/C17H22ClN3O2/c1-11(2)8-12-9-15(21(3)20-12)17(23)19-10-16(22)13-6-4-5-7-14(13)18/h4-7,9,11,16,22H,8,10H2,1-3H3,(H,19,23)/t16-/m0/s1. The Morgan fingerprint density at radius 1 is 1.39 bits per heavy atom. The Morgan fingerprint density at radius 3 is 2.74 bits per heavy atom. The smallest absolute Gasteiger partial charge is 0.269 e. The van der Waals surface area contributed by atoms with Crippen molar-refractivity contribution in [3.05, 3.63) is 52.3 Å². The molecule has 2 aromatic rings. The highest BCUT2D eigenvalue weighted by Crippen LogP contribution is 2.22. The zero-order valence-corrected chi connectivity index (χ0v) is 14.3. The molecule has 2 N–H and O–H groups in total. The van der Waals surface area contributed by atoms with Crippen molar-refractivity contribution in [2.24, 2.45) is 13.0 Å². The molecule has 124 valence electrons. The number of aryl methyl sites for hydroxylation is 1. The fourth-order valence-electron chi connectivity index (χ4n) is 2.39. The summed E-state index contributed by atoms with van der Waals surface area (Å²) in [6.07, 6.45) is -0.0281. The van der Waals surface area contributed by atoms with Crippen molar-refractivity contribution < 1.29 is 9.90 Å². The van der Waals surface area contributed by atoms with E-state index in [0.29, 0.717) is 22.2 Å². The van der Waals surface area contributed by atoms with E-state index in [1.165, 1.54) is 0 Å². The Kier molecular flexibility index (Phi) is 5.80. The van der Waals surface area contributed by atoms with E-state index in [9.17, 15) is 9.90 Å². The van der Waals surface area contributed by atoms with Gasteiger partial charge in [0.15, 0.2) is 0 Å². The van der Waals surface area contributed by atoms with Gasteiger partial charge in [0.05, 0.1) is 11.8 Å². The summed E-state index contributed by atoms with van der Waals surface area (Å²) >= 11 is 6.04. The molecule has 1 atom stereocenters. The first-order valence-corrected chi connectivity index (χ1v) is 8.00. The van der Waals surface area contributed by atoms with Crippen molar-refractivity contribution in [1.82, 2.24) is 15.1 Å². The summed E-state index contributed by atoms with van der Waals surface area (Å²) in [5.41, 5.74) is 1.96. The van der Waals surface area contributed by atoms with Gasteiger partial charge in [0.1, 0.15) is 5.69 Å². The van der Waals surface area contributed by atoms with Crippen molar-refractivity contribution in [2.45, 2.75) is 26.4 Å². The molecule has 1 aromatic heterocycles. The number of nitrogens with one attached hydrogen (secondary N) is 1. The van der Waals surface area contributed by atoms with E-state index in [-0.39, 0.29) is 12.5 Å². The van der Waals surface area contributed by atoms with E-state index in [1.54, 1.807) is 42.1 Å². The average molecular weight is 336 g/mol. The minimum Gasteiger partial charge on any atom is -0.387 e. The first-order chi connectivity index (χ1) is 10.9. The van der Waals surface area contributed by atoms with Crippen LogP contribution >= 0.6 is 11.6 Å². The molecular formula is C17H22ClN3O2. The van der Waals surface area contributed by atoms with E-state index in [1.807, 2.05) is 0 Å². The minimum atomic E-state index is -0.851. The quantitative estimate of drug-likeness (QED) is 0.853. The molecule has 6 heteroatoms. The molecule has 0 aliphatic rings. The van der Waals surface area contributed by atoms with E-state index in [2.05, 4.69) is 24.3 Å². The van der Waals surface area contributed by atoms with Crippen LogP contribution in [0.4, 0.5) is 0 Å². The minimum absolute atomic E-state index is 0.0905. The number of aromatic nitrogens is 2. The molecular weight excluding hydrogens is 314 g/mol. The Morgan fingerprint density at radius 2 is 2.09 bits per heavy atom. The summed E-state index contributed by atoms with van der Waals surface area (Å²) in [5.74, 6) is 0.212. The first kappa shape index (κ1) is 17.5. The summed E-state index contributed by atoms with van der Waals surface area (Å²) < 4.78 is 1.56. The largest absolute Gasteiger partial charge is 0.387 e. The Labute approximate surface area is 141 Å². The fourth-order valence-corrected chi connectivity index (χ4v) is 2.65. The van der Waals surface area contributed by atoms with Gasteiger partial charge < -0.3 is 10.4 Å². The number of nitrogens with zero attached hydrogens (tertiary/aromatic N) is 2. The highest BCUT2D eigenvalue weighted by molar-refractivity contribution is 6.31. The maximum atomic E-state index is 12.3. The van der Waals surface area contributed by atoms with Crippen LogP contribution < -0.4 is 5.32 Å². The van der Waals surface area contributed by atoms with Crippen LogP contribution in [-0.4, -0.2) is 27.3 Å². The van der Waals surface area contributed by atoms with Gasteiger partial charge in [-0.15, -0.1) is 0 Å². The number of carbonyl (C=O) groups excluding carboxylic acids is 1. The number of rotatable bonds is 6. The molecule has 2 rings (SSSR count). The summed E-state index contributed by atoms with van der Waals surface area (Å²) in [7, 11) is 1.74. The first-order valence-electron chi connectivity index (χ1n) is 7.62. The van der Waals surface area contributed by atoms with Gasteiger partial charge in [0, 0.05) is 24.2 Å². The maximum absolute atomic E-state index is 12.3. The summed E-state index contributed by atoms with van der Waals surface area (Å²) in [5, 5.41) is 17.7. The molecule has 1 heterocycles. The van der Waals surface area contributed by atoms with Gasteiger partial charge in [0.2, 0.25) is 0 Å².